The van der Waals surface area contributed by atoms with Crippen LogP contribution in [0.2, 0.25) is 0 Å². The van der Waals surface area contributed by atoms with Crippen molar-refractivity contribution in [3.63, 3.8) is 0 Å². The molecule has 1 aliphatic heterocycles. The van der Waals surface area contributed by atoms with Gasteiger partial charge in [0.2, 0.25) is 16.0 Å². The van der Waals surface area contributed by atoms with E-state index < -0.39 is 15.6 Å². The Balaban J connectivity index is 2.17. The van der Waals surface area contributed by atoms with Gasteiger partial charge >= 0.3 is 0 Å². The summed E-state index contributed by atoms with van der Waals surface area (Å²) >= 11 is 0. The fourth-order valence-electron chi connectivity index (χ4n) is 1.98. The smallest absolute Gasteiger partial charge is 0.244 e. The Morgan fingerprint density at radius 1 is 1.37 bits per heavy atom. The lowest BCUT2D eigenvalue weighted by atomic mass is 9.97. The average Bonchev–Trinajstić information content (AvgIpc) is 2.38. The molecule has 0 radical (unpaired) electrons. The maximum Gasteiger partial charge on any atom is 0.244 e. The van der Waals surface area contributed by atoms with E-state index in [9.17, 15) is 8.42 Å². The summed E-state index contributed by atoms with van der Waals surface area (Å²) in [6.45, 7) is 2.89. The first-order chi connectivity index (χ1) is 8.95. The van der Waals surface area contributed by atoms with Gasteiger partial charge in [0.05, 0.1) is 24.5 Å². The molecule has 0 aliphatic carbocycles. The van der Waals surface area contributed by atoms with Crippen molar-refractivity contribution in [1.29, 1.82) is 0 Å². The molecule has 7 nitrogen and oxygen atoms in total. The minimum atomic E-state index is -3.63. The van der Waals surface area contributed by atoms with E-state index in [1.54, 1.807) is 7.05 Å². The monoisotopic (exact) mass is 286 g/mol. The quantitative estimate of drug-likeness (QED) is 0.830. The van der Waals surface area contributed by atoms with Crippen molar-refractivity contribution < 1.29 is 13.2 Å². The Morgan fingerprint density at radius 3 is 2.58 bits per heavy atom. The summed E-state index contributed by atoms with van der Waals surface area (Å²) in [4.78, 5) is 7.87. The van der Waals surface area contributed by atoms with Crippen LogP contribution in [0.4, 0.5) is 5.95 Å². The highest BCUT2D eigenvalue weighted by Gasteiger charge is 2.33. The van der Waals surface area contributed by atoms with Crippen LogP contribution in [0, 0.1) is 0 Å². The van der Waals surface area contributed by atoms with Crippen molar-refractivity contribution in [3.8, 4) is 0 Å². The van der Waals surface area contributed by atoms with E-state index in [2.05, 4.69) is 20.0 Å². The third-order valence-corrected chi connectivity index (χ3v) is 4.57. The van der Waals surface area contributed by atoms with Crippen molar-refractivity contribution in [3.05, 3.63) is 12.4 Å². The van der Waals surface area contributed by atoms with Crippen LogP contribution in [0.3, 0.4) is 0 Å². The van der Waals surface area contributed by atoms with Crippen LogP contribution in [-0.2, 0) is 14.8 Å². The van der Waals surface area contributed by atoms with Crippen LogP contribution >= 0.6 is 0 Å². The molecule has 1 fully saturated rings. The van der Waals surface area contributed by atoms with E-state index in [0.29, 0.717) is 19.2 Å². The molecule has 1 aromatic heterocycles. The van der Waals surface area contributed by atoms with Gasteiger partial charge in [-0.3, -0.25) is 0 Å². The van der Waals surface area contributed by atoms with E-state index >= 15 is 0 Å². The second kappa shape index (κ2) is 5.40. The molecule has 0 bridgehead atoms. The van der Waals surface area contributed by atoms with Gasteiger partial charge in [0.1, 0.15) is 4.90 Å². The highest BCUT2D eigenvalue weighted by molar-refractivity contribution is 7.89. The molecule has 1 saturated heterocycles. The molecule has 1 atom stereocenters. The maximum absolute atomic E-state index is 12.2. The van der Waals surface area contributed by atoms with Gasteiger partial charge in [-0.2, -0.15) is 0 Å². The van der Waals surface area contributed by atoms with Crippen LogP contribution in [0.25, 0.3) is 0 Å². The summed E-state index contributed by atoms with van der Waals surface area (Å²) in [6, 6.07) is 0. The molecule has 1 aromatic rings. The van der Waals surface area contributed by atoms with Crippen LogP contribution in [0.15, 0.2) is 17.3 Å². The highest BCUT2D eigenvalue weighted by atomic mass is 32.2. The minimum Gasteiger partial charge on any atom is -0.380 e. The predicted molar refractivity (Wildman–Crippen MR) is 70.4 cm³/mol. The second-order valence-electron chi connectivity index (χ2n) is 4.81. The van der Waals surface area contributed by atoms with Gasteiger partial charge in [0.25, 0.3) is 0 Å². The van der Waals surface area contributed by atoms with E-state index in [0.717, 1.165) is 12.8 Å². The zero-order valence-electron chi connectivity index (χ0n) is 11.0. The summed E-state index contributed by atoms with van der Waals surface area (Å²) < 4.78 is 32.5. The molecule has 19 heavy (non-hydrogen) atoms. The third kappa shape index (κ3) is 3.40. The molecule has 8 heteroatoms. The minimum absolute atomic E-state index is 0.0540. The summed E-state index contributed by atoms with van der Waals surface area (Å²) in [6.07, 6.45) is 4.16. The number of sulfonamides is 1. The fourth-order valence-corrected chi connectivity index (χ4v) is 3.29. The van der Waals surface area contributed by atoms with Gasteiger partial charge in [-0.25, -0.2) is 23.1 Å². The Hall–Kier alpha value is -1.25. The van der Waals surface area contributed by atoms with Gasteiger partial charge in [-0.15, -0.1) is 0 Å². The second-order valence-corrected chi connectivity index (χ2v) is 6.50. The first kappa shape index (κ1) is 14.2. The molecule has 2 N–H and O–H groups in total. The molecule has 106 valence electrons. The Morgan fingerprint density at radius 2 is 2.05 bits per heavy atom. The molecule has 0 amide bonds. The molecular weight excluding hydrogens is 268 g/mol. The predicted octanol–water partition coefficient (Wildman–Crippen LogP) is 0.366. The maximum atomic E-state index is 12.2. The molecule has 1 unspecified atom stereocenters. The summed E-state index contributed by atoms with van der Waals surface area (Å²) in [5, 5.41) is 2.74. The number of rotatable bonds is 4. The number of hydrogen-bond acceptors (Lipinski definition) is 6. The Labute approximate surface area is 112 Å². The van der Waals surface area contributed by atoms with E-state index in [-0.39, 0.29) is 4.90 Å². The van der Waals surface area contributed by atoms with Crippen molar-refractivity contribution in [1.82, 2.24) is 14.7 Å². The molecular formula is C11H18N4O3S. The number of nitrogens with one attached hydrogen (secondary N) is 2. The van der Waals surface area contributed by atoms with Crippen molar-refractivity contribution >= 4 is 16.0 Å². The van der Waals surface area contributed by atoms with Gasteiger partial charge < -0.3 is 10.1 Å². The average molecular weight is 286 g/mol. The van der Waals surface area contributed by atoms with Crippen molar-refractivity contribution in [2.75, 3.05) is 25.6 Å². The summed E-state index contributed by atoms with van der Waals surface area (Å²) in [5.41, 5.74) is -0.571. The van der Waals surface area contributed by atoms with E-state index in [4.69, 9.17) is 4.74 Å². The summed E-state index contributed by atoms with van der Waals surface area (Å²) in [7, 11) is -1.96. The number of hydrogen-bond donors (Lipinski definition) is 2. The van der Waals surface area contributed by atoms with Gasteiger partial charge in [0, 0.05) is 13.7 Å². The lowest BCUT2D eigenvalue weighted by Gasteiger charge is -2.33. The van der Waals surface area contributed by atoms with Crippen LogP contribution < -0.4 is 10.0 Å². The number of anilines is 1. The fraction of sp³-hybridized carbons (Fsp3) is 0.636. The SMILES string of the molecule is CNc1ncc(S(=O)(=O)NC2(C)CCCOC2)cn1. The Kier molecular flexibility index (Phi) is 4.02. The lowest BCUT2D eigenvalue weighted by molar-refractivity contribution is 0.0386. The van der Waals surface area contributed by atoms with Gasteiger partial charge in [-0.1, -0.05) is 0 Å². The zero-order chi connectivity index (χ0) is 13.9. The molecule has 2 heterocycles. The topological polar surface area (TPSA) is 93.2 Å². The lowest BCUT2D eigenvalue weighted by Crippen LogP contribution is -2.51. The summed E-state index contributed by atoms with van der Waals surface area (Å²) in [5.74, 6) is 0.381. The molecule has 0 spiro atoms. The standard InChI is InChI=1S/C11H18N4O3S/c1-11(4-3-5-18-8-11)15-19(16,17)9-6-13-10(12-2)14-7-9/h6-7,15H,3-5,8H2,1-2H3,(H,12,13,14). The number of nitrogens with zero attached hydrogens (tertiary/aromatic N) is 2. The van der Waals surface area contributed by atoms with Crippen LogP contribution in [-0.4, -0.2) is 44.2 Å². The normalized spacial score (nSPS) is 24.1. The molecule has 2 rings (SSSR count). The van der Waals surface area contributed by atoms with Crippen molar-refractivity contribution in [2.45, 2.75) is 30.2 Å². The first-order valence-electron chi connectivity index (χ1n) is 6.07. The highest BCUT2D eigenvalue weighted by Crippen LogP contribution is 2.21. The zero-order valence-corrected chi connectivity index (χ0v) is 11.8. The number of ether oxygens (including phenoxy) is 1. The molecule has 0 saturated carbocycles. The Bertz CT molecular complexity index is 523. The molecule has 0 aromatic carbocycles. The van der Waals surface area contributed by atoms with E-state index in [1.165, 1.54) is 12.4 Å². The number of aromatic nitrogens is 2. The largest absolute Gasteiger partial charge is 0.380 e. The van der Waals surface area contributed by atoms with E-state index in [1.807, 2.05) is 6.92 Å². The molecule has 1 aliphatic rings. The van der Waals surface area contributed by atoms with Gasteiger partial charge in [-0.05, 0) is 19.8 Å². The third-order valence-electron chi connectivity index (χ3n) is 2.98. The van der Waals surface area contributed by atoms with Crippen LogP contribution in [0.5, 0.6) is 0 Å². The first-order valence-corrected chi connectivity index (χ1v) is 7.55. The van der Waals surface area contributed by atoms with Gasteiger partial charge in [0.15, 0.2) is 0 Å². The van der Waals surface area contributed by atoms with Crippen molar-refractivity contribution in [2.24, 2.45) is 0 Å². The van der Waals surface area contributed by atoms with Crippen LogP contribution in [0.1, 0.15) is 19.8 Å².